The lowest BCUT2D eigenvalue weighted by Crippen LogP contribution is -2.28. The van der Waals surface area contributed by atoms with E-state index in [1.54, 1.807) is 0 Å². The first kappa shape index (κ1) is 20.8. The zero-order chi connectivity index (χ0) is 19.9. The van der Waals surface area contributed by atoms with E-state index in [1.807, 2.05) is 30.3 Å². The number of carboxylic acids is 1. The predicted octanol–water partition coefficient (Wildman–Crippen LogP) is 2.93. The molecule has 154 valence electrons. The maximum atomic E-state index is 12.7. The molecule has 0 amide bonds. The lowest BCUT2D eigenvalue weighted by atomic mass is 9.85. The fourth-order valence-corrected chi connectivity index (χ4v) is 4.95. The average molecular weight is 390 g/mol. The summed E-state index contributed by atoms with van der Waals surface area (Å²) in [5.41, 5.74) is 0. The summed E-state index contributed by atoms with van der Waals surface area (Å²) in [6.07, 6.45) is 4.01. The third-order valence-electron chi connectivity index (χ3n) is 6.11. The van der Waals surface area contributed by atoms with Crippen molar-refractivity contribution in [2.75, 3.05) is 19.8 Å². The van der Waals surface area contributed by atoms with Crippen LogP contribution in [0.15, 0.2) is 30.3 Å². The fourth-order valence-electron chi connectivity index (χ4n) is 4.95. The quantitative estimate of drug-likeness (QED) is 0.565. The number of fused-ring (bicyclic) bond motifs is 1. The lowest BCUT2D eigenvalue weighted by Gasteiger charge is -2.21. The number of Topliss-reactive ketones (excluding diaryl/α,β-unsaturated/α-hetero) is 1. The zero-order valence-corrected chi connectivity index (χ0v) is 16.2. The highest BCUT2D eigenvalue weighted by molar-refractivity contribution is 5.82. The Morgan fingerprint density at radius 2 is 1.86 bits per heavy atom. The summed E-state index contributed by atoms with van der Waals surface area (Å²) in [6, 6.07) is 9.55. The van der Waals surface area contributed by atoms with Gasteiger partial charge in [0, 0.05) is 18.9 Å². The number of carbonyl (C=O) groups is 2. The number of ketones is 1. The molecular weight excluding hydrogens is 360 g/mol. The van der Waals surface area contributed by atoms with Gasteiger partial charge in [-0.2, -0.15) is 0 Å². The molecule has 0 radical (unpaired) electrons. The molecule has 0 heterocycles. The predicted molar refractivity (Wildman–Crippen MR) is 103 cm³/mol. The molecule has 0 spiro atoms. The number of rotatable bonds is 11. The van der Waals surface area contributed by atoms with E-state index in [0.29, 0.717) is 44.3 Å². The Morgan fingerprint density at radius 3 is 2.61 bits per heavy atom. The van der Waals surface area contributed by atoms with Crippen molar-refractivity contribution >= 4 is 11.8 Å². The number of para-hydroxylation sites is 1. The van der Waals surface area contributed by atoms with E-state index in [0.717, 1.165) is 25.0 Å². The summed E-state index contributed by atoms with van der Waals surface area (Å²) in [4.78, 5) is 23.2. The Balaban J connectivity index is 1.40. The third-order valence-corrected chi connectivity index (χ3v) is 6.11. The first-order chi connectivity index (χ1) is 13.5. The summed E-state index contributed by atoms with van der Waals surface area (Å²) in [6.45, 7) is 0.676. The second kappa shape index (κ2) is 10.0. The van der Waals surface area contributed by atoms with Gasteiger partial charge in [0.05, 0.1) is 12.7 Å². The smallest absolute Gasteiger partial charge is 0.329 e. The van der Waals surface area contributed by atoms with E-state index >= 15 is 0 Å². The van der Waals surface area contributed by atoms with E-state index in [1.165, 1.54) is 0 Å². The van der Waals surface area contributed by atoms with Crippen molar-refractivity contribution in [3.05, 3.63) is 30.3 Å². The molecule has 28 heavy (non-hydrogen) atoms. The number of ether oxygens (including phenoxy) is 2. The number of hydrogen-bond donors (Lipinski definition) is 2. The average Bonchev–Trinajstić information content (AvgIpc) is 3.18. The van der Waals surface area contributed by atoms with Crippen LogP contribution in [0.2, 0.25) is 0 Å². The fraction of sp³-hybridized carbons (Fsp3) is 0.636. The molecule has 0 aliphatic heterocycles. The molecule has 6 heteroatoms. The zero-order valence-electron chi connectivity index (χ0n) is 16.2. The van der Waals surface area contributed by atoms with Crippen molar-refractivity contribution in [2.24, 2.45) is 23.7 Å². The summed E-state index contributed by atoms with van der Waals surface area (Å²) in [5, 5.41) is 19.0. The van der Waals surface area contributed by atoms with Gasteiger partial charge in [-0.15, -0.1) is 0 Å². The molecule has 1 aromatic carbocycles. The van der Waals surface area contributed by atoms with Crippen LogP contribution in [0.3, 0.4) is 0 Å². The molecule has 3 rings (SSSR count). The summed E-state index contributed by atoms with van der Waals surface area (Å²) in [7, 11) is 0. The number of carboxylic acid groups (broad SMARTS) is 1. The Hall–Kier alpha value is -1.92. The largest absolute Gasteiger partial charge is 0.494 e. The highest BCUT2D eigenvalue weighted by atomic mass is 16.5. The van der Waals surface area contributed by atoms with Crippen LogP contribution in [-0.2, 0) is 14.3 Å². The third kappa shape index (κ3) is 5.55. The number of hydrogen-bond acceptors (Lipinski definition) is 5. The number of aliphatic carboxylic acids is 1. The van der Waals surface area contributed by atoms with Crippen molar-refractivity contribution in [3.63, 3.8) is 0 Å². The Bertz CT molecular complexity index is 646. The maximum Gasteiger partial charge on any atom is 0.329 e. The highest BCUT2D eigenvalue weighted by Crippen LogP contribution is 2.51. The molecule has 6 nitrogen and oxygen atoms in total. The second-order valence-electron chi connectivity index (χ2n) is 8.06. The molecule has 0 unspecified atom stereocenters. The molecule has 2 aliphatic rings. The lowest BCUT2D eigenvalue weighted by molar-refractivity contribution is -0.142. The molecule has 2 saturated carbocycles. The van der Waals surface area contributed by atoms with Gasteiger partial charge in [-0.1, -0.05) is 18.2 Å². The van der Waals surface area contributed by atoms with Crippen LogP contribution in [0, 0.1) is 23.7 Å². The highest BCUT2D eigenvalue weighted by Gasteiger charge is 2.50. The van der Waals surface area contributed by atoms with Crippen molar-refractivity contribution in [1.29, 1.82) is 0 Å². The van der Waals surface area contributed by atoms with Gasteiger partial charge in [-0.05, 0) is 62.0 Å². The van der Waals surface area contributed by atoms with Gasteiger partial charge in [0.1, 0.15) is 18.1 Å². The second-order valence-corrected chi connectivity index (χ2v) is 8.06. The van der Waals surface area contributed by atoms with Crippen LogP contribution in [-0.4, -0.2) is 47.9 Å². The van der Waals surface area contributed by atoms with Gasteiger partial charge in [0.25, 0.3) is 0 Å². The van der Waals surface area contributed by atoms with Crippen LogP contribution in [0.4, 0.5) is 0 Å². The molecular formula is C22H30O6. The Kier molecular flexibility index (Phi) is 7.45. The minimum atomic E-state index is -0.951. The van der Waals surface area contributed by atoms with Crippen molar-refractivity contribution < 1.29 is 29.3 Å². The summed E-state index contributed by atoms with van der Waals surface area (Å²) >= 11 is 0. The minimum Gasteiger partial charge on any atom is -0.494 e. The van der Waals surface area contributed by atoms with Gasteiger partial charge in [0.2, 0.25) is 0 Å². The van der Waals surface area contributed by atoms with Gasteiger partial charge >= 0.3 is 5.97 Å². The molecule has 5 atom stereocenters. The maximum absolute atomic E-state index is 12.7. The summed E-state index contributed by atoms with van der Waals surface area (Å²) in [5.74, 6) is 0.850. The van der Waals surface area contributed by atoms with E-state index in [-0.39, 0.29) is 24.2 Å². The van der Waals surface area contributed by atoms with Crippen LogP contribution >= 0.6 is 0 Å². The SMILES string of the molecule is O=C(O)COCC[C@@H]1C[C@@H]2C[C@@H](O)[C@H](C(=O)CCCOc3ccccc3)[C@@H]2C1. The van der Waals surface area contributed by atoms with E-state index in [4.69, 9.17) is 14.6 Å². The van der Waals surface area contributed by atoms with Crippen LogP contribution in [0.5, 0.6) is 5.75 Å². The van der Waals surface area contributed by atoms with Gasteiger partial charge in [-0.25, -0.2) is 4.79 Å². The van der Waals surface area contributed by atoms with E-state index in [2.05, 4.69) is 0 Å². The molecule has 0 saturated heterocycles. The van der Waals surface area contributed by atoms with Gasteiger partial charge in [0.15, 0.2) is 0 Å². The van der Waals surface area contributed by atoms with E-state index in [9.17, 15) is 14.7 Å². The number of carbonyl (C=O) groups excluding carboxylic acids is 1. The number of aliphatic hydroxyl groups is 1. The van der Waals surface area contributed by atoms with Crippen LogP contribution in [0.25, 0.3) is 0 Å². The monoisotopic (exact) mass is 390 g/mol. The summed E-state index contributed by atoms with van der Waals surface area (Å²) < 4.78 is 10.8. The Morgan fingerprint density at radius 1 is 1.07 bits per heavy atom. The molecule has 2 aliphatic carbocycles. The van der Waals surface area contributed by atoms with Crippen molar-refractivity contribution in [3.8, 4) is 5.75 Å². The van der Waals surface area contributed by atoms with Crippen molar-refractivity contribution in [1.82, 2.24) is 0 Å². The van der Waals surface area contributed by atoms with Gasteiger partial charge < -0.3 is 19.7 Å². The van der Waals surface area contributed by atoms with Gasteiger partial charge in [-0.3, -0.25) is 4.79 Å². The molecule has 2 N–H and O–H groups in total. The standard InChI is InChI=1S/C22H30O6/c23-19(7-4-9-28-17-5-2-1-3-6-17)22-18-12-15(8-10-27-14-21(25)26)11-16(18)13-20(22)24/h1-3,5-6,15-16,18,20,22,24H,4,7-14H2,(H,25,26)/t15-,16-,18-,20-,22+/m1/s1. The normalized spacial score (nSPS) is 28.8. The minimum absolute atomic E-state index is 0.152. The van der Waals surface area contributed by atoms with Crippen LogP contribution < -0.4 is 4.74 Å². The molecule has 0 aromatic heterocycles. The van der Waals surface area contributed by atoms with Crippen LogP contribution in [0.1, 0.15) is 38.5 Å². The first-order valence-corrected chi connectivity index (χ1v) is 10.2. The Labute approximate surface area is 165 Å². The molecule has 2 fully saturated rings. The topological polar surface area (TPSA) is 93.1 Å². The van der Waals surface area contributed by atoms with E-state index < -0.39 is 12.1 Å². The number of benzene rings is 1. The number of aliphatic hydroxyl groups excluding tert-OH is 1. The van der Waals surface area contributed by atoms with Crippen molar-refractivity contribution in [2.45, 2.75) is 44.6 Å². The molecule has 1 aromatic rings. The first-order valence-electron chi connectivity index (χ1n) is 10.2. The molecule has 0 bridgehead atoms.